The minimum Gasteiger partial charge on any atom is -0.347 e. The quantitative estimate of drug-likeness (QED) is 0.408. The van der Waals surface area contributed by atoms with Crippen molar-refractivity contribution in [3.8, 4) is 0 Å². The molecule has 9 heteroatoms. The molecule has 4 rings (SSSR count). The van der Waals surface area contributed by atoms with Crippen molar-refractivity contribution in [3.63, 3.8) is 0 Å². The van der Waals surface area contributed by atoms with Gasteiger partial charge in [-0.25, -0.2) is 9.78 Å². The first-order valence-electron chi connectivity index (χ1n) is 11.4. The van der Waals surface area contributed by atoms with Gasteiger partial charge in [-0.15, -0.1) is 12.6 Å². The maximum Gasteiger partial charge on any atom is 0.321 e. The molecule has 2 unspecified atom stereocenters. The summed E-state index contributed by atoms with van der Waals surface area (Å²) in [5.41, 5.74) is 0.711. The van der Waals surface area contributed by atoms with E-state index in [9.17, 15) is 14.4 Å². The van der Waals surface area contributed by atoms with Gasteiger partial charge in [0.25, 0.3) is 0 Å². The molecule has 178 valence electrons. The first-order valence-corrected chi connectivity index (χ1v) is 11.8. The number of hydrogen-bond donors (Lipinski definition) is 3. The smallest absolute Gasteiger partial charge is 0.321 e. The number of urea groups is 1. The molecule has 3 aromatic rings. The maximum absolute atomic E-state index is 13.5. The zero-order valence-electron chi connectivity index (χ0n) is 19.3. The number of nitrogens with one attached hydrogen (secondary N) is 2. The van der Waals surface area contributed by atoms with E-state index in [2.05, 4.69) is 27.9 Å². The Hall–Kier alpha value is -3.33. The molecule has 2 heterocycles. The summed E-state index contributed by atoms with van der Waals surface area (Å²) in [6.07, 6.45) is 4.44. The van der Waals surface area contributed by atoms with Crippen molar-refractivity contribution < 1.29 is 14.4 Å². The van der Waals surface area contributed by atoms with Crippen molar-refractivity contribution in [1.29, 1.82) is 0 Å². The Kier molecular flexibility index (Phi) is 6.92. The molecule has 34 heavy (non-hydrogen) atoms. The molecule has 2 N–H and O–H groups in total. The number of aromatic amines is 1. The number of nitrogens with zero attached hydrogens (tertiary/aromatic N) is 3. The predicted octanol–water partition coefficient (Wildman–Crippen LogP) is 3.67. The number of H-pyrrole nitrogens is 1. The highest BCUT2D eigenvalue weighted by molar-refractivity contribution is 7.96. The van der Waals surface area contributed by atoms with E-state index in [-0.39, 0.29) is 24.5 Å². The number of amides is 3. The van der Waals surface area contributed by atoms with Crippen LogP contribution in [0.3, 0.4) is 0 Å². The fraction of sp³-hybridized carbons (Fsp3) is 0.360. The van der Waals surface area contributed by atoms with Crippen molar-refractivity contribution in [1.82, 2.24) is 25.1 Å². The lowest BCUT2D eigenvalue weighted by atomic mass is 9.97. The van der Waals surface area contributed by atoms with Crippen molar-refractivity contribution in [3.05, 3.63) is 66.2 Å². The minimum absolute atomic E-state index is 0.160. The molecule has 1 aromatic heterocycles. The molecule has 0 spiro atoms. The molecule has 0 radical (unpaired) electrons. The van der Waals surface area contributed by atoms with Crippen LogP contribution in [-0.4, -0.2) is 55.4 Å². The molecule has 2 atom stereocenters. The Bertz CT molecular complexity index is 1190. The van der Waals surface area contributed by atoms with Crippen LogP contribution in [0.5, 0.6) is 0 Å². The average Bonchev–Trinajstić information content (AvgIpc) is 3.43. The third kappa shape index (κ3) is 4.79. The lowest BCUT2D eigenvalue weighted by Gasteiger charge is -2.29. The van der Waals surface area contributed by atoms with Crippen LogP contribution in [0.1, 0.15) is 44.0 Å². The maximum atomic E-state index is 13.5. The van der Waals surface area contributed by atoms with Crippen molar-refractivity contribution in [2.45, 2.75) is 44.8 Å². The summed E-state index contributed by atoms with van der Waals surface area (Å²) < 4.78 is 0. The highest BCUT2D eigenvalue weighted by Gasteiger charge is 2.41. The third-order valence-electron chi connectivity index (χ3n) is 6.34. The Morgan fingerprint density at radius 1 is 1.24 bits per heavy atom. The molecule has 1 aliphatic rings. The Morgan fingerprint density at radius 3 is 2.71 bits per heavy atom. The first kappa shape index (κ1) is 23.8. The van der Waals surface area contributed by atoms with Crippen LogP contribution in [0.25, 0.3) is 10.8 Å². The standard InChI is InChI=1S/C25H29N5O3S/c1-3-11-25(2,23(32)34)28-22(31)15-30-21(14-29(24(30)33)13-18-12-26-16-27-18)20-10-6-8-17-7-4-5-9-19(17)20/h4-10,12,16,21H,3,11,13-15H2,1-2H3,(H,26,27)(H,28,31)(H,32,34). The van der Waals surface area contributed by atoms with Crippen molar-refractivity contribution >= 4 is 40.5 Å². The third-order valence-corrected chi connectivity index (χ3v) is 6.83. The van der Waals surface area contributed by atoms with Crippen molar-refractivity contribution in [2.75, 3.05) is 13.1 Å². The summed E-state index contributed by atoms with van der Waals surface area (Å²) in [5, 5.41) is 4.53. The van der Waals surface area contributed by atoms with E-state index in [1.165, 1.54) is 0 Å². The number of hydrogen-bond acceptors (Lipinski definition) is 4. The molecular formula is C25H29N5O3S. The Balaban J connectivity index is 1.64. The summed E-state index contributed by atoms with van der Waals surface area (Å²) >= 11 is 3.98. The van der Waals surface area contributed by atoms with Gasteiger partial charge in [-0.1, -0.05) is 55.8 Å². The lowest BCUT2D eigenvalue weighted by Crippen LogP contribution is -2.53. The number of rotatable bonds is 9. The first-order chi connectivity index (χ1) is 16.3. The number of carbonyl (C=O) groups excluding carboxylic acids is 3. The van der Waals surface area contributed by atoms with Crippen LogP contribution in [0.15, 0.2) is 55.0 Å². The molecule has 1 saturated heterocycles. The molecule has 0 aliphatic carbocycles. The Labute approximate surface area is 204 Å². The van der Waals surface area contributed by atoms with Gasteiger partial charge in [0.05, 0.1) is 24.6 Å². The fourth-order valence-corrected chi connectivity index (χ4v) is 4.79. The summed E-state index contributed by atoms with van der Waals surface area (Å²) in [6, 6.07) is 13.4. The van der Waals surface area contributed by atoms with E-state index in [4.69, 9.17) is 0 Å². The molecule has 3 amide bonds. The van der Waals surface area contributed by atoms with Gasteiger partial charge in [-0.2, -0.15) is 0 Å². The summed E-state index contributed by atoms with van der Waals surface area (Å²) in [7, 11) is 0. The van der Waals surface area contributed by atoms with Crippen LogP contribution in [0.4, 0.5) is 4.79 Å². The number of aromatic nitrogens is 2. The topological polar surface area (TPSA) is 98.4 Å². The highest BCUT2D eigenvalue weighted by atomic mass is 32.1. The number of imidazole rings is 1. The van der Waals surface area contributed by atoms with Crippen LogP contribution < -0.4 is 5.32 Å². The molecule has 0 bridgehead atoms. The molecule has 1 aliphatic heterocycles. The average molecular weight is 480 g/mol. The fourth-order valence-electron chi connectivity index (χ4n) is 4.62. The van der Waals surface area contributed by atoms with E-state index in [1.54, 1.807) is 29.2 Å². The minimum atomic E-state index is -1.08. The lowest BCUT2D eigenvalue weighted by molar-refractivity contribution is -0.128. The summed E-state index contributed by atoms with van der Waals surface area (Å²) in [6.45, 7) is 4.24. The van der Waals surface area contributed by atoms with E-state index in [0.717, 1.165) is 22.0 Å². The van der Waals surface area contributed by atoms with Gasteiger partial charge < -0.3 is 20.1 Å². The molecule has 1 fully saturated rings. The van der Waals surface area contributed by atoms with Crippen LogP contribution in [0.2, 0.25) is 0 Å². The van der Waals surface area contributed by atoms with Crippen LogP contribution >= 0.6 is 12.6 Å². The normalized spacial score (nSPS) is 17.7. The van der Waals surface area contributed by atoms with E-state index in [1.807, 2.05) is 49.4 Å². The highest BCUT2D eigenvalue weighted by Crippen LogP contribution is 2.34. The number of carbonyl (C=O) groups is 3. The largest absolute Gasteiger partial charge is 0.347 e. The van der Waals surface area contributed by atoms with E-state index >= 15 is 0 Å². The molecule has 0 saturated carbocycles. The number of thiol groups is 1. The van der Waals surface area contributed by atoms with Gasteiger partial charge in [-0.3, -0.25) is 9.59 Å². The number of benzene rings is 2. The van der Waals surface area contributed by atoms with Gasteiger partial charge in [-0.05, 0) is 29.7 Å². The monoisotopic (exact) mass is 479 g/mol. The Morgan fingerprint density at radius 2 is 2.00 bits per heavy atom. The molecule has 8 nitrogen and oxygen atoms in total. The van der Waals surface area contributed by atoms with Gasteiger partial charge in [0, 0.05) is 12.7 Å². The second-order valence-corrected chi connectivity index (χ2v) is 9.29. The van der Waals surface area contributed by atoms with Gasteiger partial charge in [0.15, 0.2) is 0 Å². The SMILES string of the molecule is CCCC(C)(NC(=O)CN1C(=O)N(Cc2cnc[nH]2)CC1c1cccc2ccccc12)C(=O)S. The van der Waals surface area contributed by atoms with Gasteiger partial charge in [0.1, 0.15) is 12.1 Å². The summed E-state index contributed by atoms with van der Waals surface area (Å²) in [5.74, 6) is -0.389. The predicted molar refractivity (Wildman–Crippen MR) is 133 cm³/mol. The zero-order valence-corrected chi connectivity index (χ0v) is 20.2. The second kappa shape index (κ2) is 9.89. The zero-order chi connectivity index (χ0) is 24.3. The number of fused-ring (bicyclic) bond motifs is 1. The molecule has 2 aromatic carbocycles. The van der Waals surface area contributed by atoms with Crippen LogP contribution in [0, 0.1) is 0 Å². The van der Waals surface area contributed by atoms with Gasteiger partial charge in [0.2, 0.25) is 11.0 Å². The van der Waals surface area contributed by atoms with Crippen LogP contribution in [-0.2, 0) is 16.1 Å². The summed E-state index contributed by atoms with van der Waals surface area (Å²) in [4.78, 5) is 49.0. The van der Waals surface area contributed by atoms with E-state index in [0.29, 0.717) is 25.9 Å². The second-order valence-electron chi connectivity index (χ2n) is 8.89. The molecular weight excluding hydrogens is 450 g/mol. The van der Waals surface area contributed by atoms with Gasteiger partial charge >= 0.3 is 6.03 Å². The van der Waals surface area contributed by atoms with Crippen molar-refractivity contribution in [2.24, 2.45) is 0 Å². The van der Waals surface area contributed by atoms with E-state index < -0.39 is 10.7 Å².